The molecule has 6 nitrogen and oxygen atoms in total. The number of nitrogen functional groups attached to an aromatic ring is 1. The summed E-state index contributed by atoms with van der Waals surface area (Å²) in [6, 6.07) is 5.91. The molecule has 0 aliphatic rings. The Kier molecular flexibility index (Phi) is 3.01. The lowest BCUT2D eigenvalue weighted by molar-refractivity contribution is 0.700. The molecule has 0 bridgehead atoms. The Morgan fingerprint density at radius 2 is 2.00 bits per heavy atom. The Balaban J connectivity index is 2.34. The summed E-state index contributed by atoms with van der Waals surface area (Å²) in [6.45, 7) is 4.07. The second-order valence-corrected chi connectivity index (χ2v) is 4.17. The van der Waals surface area contributed by atoms with E-state index in [1.54, 1.807) is 0 Å². The van der Waals surface area contributed by atoms with Crippen molar-refractivity contribution in [3.63, 3.8) is 0 Å². The molecule has 2 rings (SSSR count). The Morgan fingerprint density at radius 1 is 1.28 bits per heavy atom. The van der Waals surface area contributed by atoms with E-state index in [1.165, 1.54) is 12.6 Å². The predicted molar refractivity (Wildman–Crippen MR) is 70.9 cm³/mol. The third-order valence-electron chi connectivity index (χ3n) is 2.75. The van der Waals surface area contributed by atoms with Gasteiger partial charge in [0, 0.05) is 12.7 Å². The molecule has 0 aliphatic heterocycles. The van der Waals surface area contributed by atoms with Gasteiger partial charge in [-0.2, -0.15) is 4.98 Å². The van der Waals surface area contributed by atoms with Crippen molar-refractivity contribution in [2.24, 2.45) is 7.05 Å². The summed E-state index contributed by atoms with van der Waals surface area (Å²) in [7, 11) is 1.53. The molecule has 94 valence electrons. The van der Waals surface area contributed by atoms with Crippen LogP contribution in [0.25, 0.3) is 0 Å². The number of nitrogens with two attached hydrogens (primary N) is 1. The maximum atomic E-state index is 11.4. The molecule has 0 saturated carbocycles. The third kappa shape index (κ3) is 2.32. The largest absolute Gasteiger partial charge is 0.379 e. The molecule has 0 radical (unpaired) electrons. The highest BCUT2D eigenvalue weighted by molar-refractivity contribution is 5.56. The van der Waals surface area contributed by atoms with Crippen LogP contribution in [0.15, 0.2) is 23.0 Å². The summed E-state index contributed by atoms with van der Waals surface area (Å²) in [6.07, 6.45) is 0. The molecule has 0 saturated heterocycles. The molecule has 0 unspecified atom stereocenters. The van der Waals surface area contributed by atoms with Gasteiger partial charge in [-0.1, -0.05) is 6.07 Å². The normalized spacial score (nSPS) is 10.4. The lowest BCUT2D eigenvalue weighted by atomic mass is 10.1. The van der Waals surface area contributed by atoms with Crippen molar-refractivity contribution >= 4 is 17.5 Å². The Bertz CT molecular complexity index is 621. The monoisotopic (exact) mass is 245 g/mol. The zero-order valence-corrected chi connectivity index (χ0v) is 10.6. The van der Waals surface area contributed by atoms with Crippen molar-refractivity contribution < 1.29 is 0 Å². The summed E-state index contributed by atoms with van der Waals surface area (Å²) >= 11 is 0. The minimum atomic E-state index is -0.402. The molecule has 1 heterocycles. The van der Waals surface area contributed by atoms with Crippen LogP contribution >= 0.6 is 0 Å². The van der Waals surface area contributed by atoms with Crippen LogP contribution in [-0.4, -0.2) is 14.8 Å². The van der Waals surface area contributed by atoms with Gasteiger partial charge in [0.15, 0.2) is 5.82 Å². The summed E-state index contributed by atoms with van der Waals surface area (Å²) in [5.41, 5.74) is 8.33. The zero-order valence-electron chi connectivity index (χ0n) is 10.6. The second kappa shape index (κ2) is 4.48. The molecule has 1 aromatic heterocycles. The fourth-order valence-electron chi connectivity index (χ4n) is 1.54. The van der Waals surface area contributed by atoms with Crippen LogP contribution in [0.5, 0.6) is 0 Å². The molecular weight excluding hydrogens is 230 g/mol. The second-order valence-electron chi connectivity index (χ2n) is 4.17. The SMILES string of the molecule is Cc1ccc(Nc2nc(N)c(=O)n(C)n2)cc1C. The number of aromatic nitrogens is 3. The molecule has 3 N–H and O–H groups in total. The highest BCUT2D eigenvalue weighted by atomic mass is 16.1. The standard InChI is InChI=1S/C12H15N5O/c1-7-4-5-9(6-8(7)2)14-12-15-10(13)11(18)17(3)16-12/h4-6H,1-3H3,(H3,13,14,15,16). The van der Waals surface area contributed by atoms with Gasteiger partial charge in [0.1, 0.15) is 0 Å². The van der Waals surface area contributed by atoms with Gasteiger partial charge in [-0.3, -0.25) is 4.79 Å². The van der Waals surface area contributed by atoms with Gasteiger partial charge in [-0.05, 0) is 37.1 Å². The van der Waals surface area contributed by atoms with Crippen LogP contribution in [0, 0.1) is 13.8 Å². The number of nitrogens with one attached hydrogen (secondary N) is 1. The van der Waals surface area contributed by atoms with Crippen LogP contribution in [0.3, 0.4) is 0 Å². The maximum Gasteiger partial charge on any atom is 0.309 e. The first-order valence-corrected chi connectivity index (χ1v) is 5.52. The van der Waals surface area contributed by atoms with Gasteiger partial charge in [0.2, 0.25) is 5.95 Å². The van der Waals surface area contributed by atoms with Crippen LogP contribution in [0.2, 0.25) is 0 Å². The highest BCUT2D eigenvalue weighted by Crippen LogP contribution is 2.16. The molecule has 0 atom stereocenters. The fourth-order valence-corrected chi connectivity index (χ4v) is 1.54. The minimum Gasteiger partial charge on any atom is -0.379 e. The van der Waals surface area contributed by atoms with E-state index in [4.69, 9.17) is 5.73 Å². The van der Waals surface area contributed by atoms with Crippen molar-refractivity contribution in [1.82, 2.24) is 14.8 Å². The van der Waals surface area contributed by atoms with Gasteiger partial charge < -0.3 is 11.1 Å². The predicted octanol–water partition coefficient (Wildman–Crippen LogP) is 1.12. The van der Waals surface area contributed by atoms with E-state index in [0.29, 0.717) is 5.95 Å². The van der Waals surface area contributed by atoms with E-state index in [0.717, 1.165) is 15.9 Å². The lowest BCUT2D eigenvalue weighted by Crippen LogP contribution is -2.25. The quantitative estimate of drug-likeness (QED) is 0.828. The van der Waals surface area contributed by atoms with E-state index < -0.39 is 5.56 Å². The van der Waals surface area contributed by atoms with Crippen molar-refractivity contribution in [1.29, 1.82) is 0 Å². The van der Waals surface area contributed by atoms with Gasteiger partial charge in [-0.25, -0.2) is 4.68 Å². The number of benzene rings is 1. The maximum absolute atomic E-state index is 11.4. The molecular formula is C12H15N5O. The van der Waals surface area contributed by atoms with Crippen LogP contribution in [0.1, 0.15) is 11.1 Å². The van der Waals surface area contributed by atoms with Gasteiger partial charge in [0.25, 0.3) is 0 Å². The lowest BCUT2D eigenvalue weighted by Gasteiger charge is -2.08. The van der Waals surface area contributed by atoms with Crippen LogP contribution in [0.4, 0.5) is 17.5 Å². The molecule has 18 heavy (non-hydrogen) atoms. The first kappa shape index (κ1) is 12.1. The first-order chi connectivity index (χ1) is 8.47. The topological polar surface area (TPSA) is 85.8 Å². The van der Waals surface area contributed by atoms with E-state index >= 15 is 0 Å². The average Bonchev–Trinajstić information content (AvgIpc) is 2.31. The molecule has 2 aromatic rings. The molecule has 0 spiro atoms. The van der Waals surface area contributed by atoms with Gasteiger partial charge in [0.05, 0.1) is 0 Å². The number of hydrogen-bond acceptors (Lipinski definition) is 5. The smallest absolute Gasteiger partial charge is 0.309 e. The van der Waals surface area contributed by atoms with Crippen molar-refractivity contribution in [3.05, 3.63) is 39.7 Å². The average molecular weight is 245 g/mol. The molecule has 0 fully saturated rings. The highest BCUT2D eigenvalue weighted by Gasteiger charge is 2.05. The van der Waals surface area contributed by atoms with Crippen LogP contribution < -0.4 is 16.6 Å². The van der Waals surface area contributed by atoms with Crippen molar-refractivity contribution in [2.45, 2.75) is 13.8 Å². The van der Waals surface area contributed by atoms with Gasteiger partial charge in [-0.15, -0.1) is 5.10 Å². The fraction of sp³-hybridized carbons (Fsp3) is 0.250. The van der Waals surface area contributed by atoms with Crippen LogP contribution in [-0.2, 0) is 7.05 Å². The van der Waals surface area contributed by atoms with E-state index in [-0.39, 0.29) is 5.82 Å². The third-order valence-corrected chi connectivity index (χ3v) is 2.75. The van der Waals surface area contributed by atoms with E-state index in [1.807, 2.05) is 32.0 Å². The molecule has 6 heteroatoms. The zero-order chi connectivity index (χ0) is 13.3. The Morgan fingerprint density at radius 3 is 2.61 bits per heavy atom. The first-order valence-electron chi connectivity index (χ1n) is 5.52. The summed E-state index contributed by atoms with van der Waals surface area (Å²) in [5, 5.41) is 7.00. The summed E-state index contributed by atoms with van der Waals surface area (Å²) < 4.78 is 1.16. The number of rotatable bonds is 2. The Labute approximate surface area is 104 Å². The summed E-state index contributed by atoms with van der Waals surface area (Å²) in [4.78, 5) is 15.3. The van der Waals surface area contributed by atoms with Crippen molar-refractivity contribution in [3.8, 4) is 0 Å². The van der Waals surface area contributed by atoms with E-state index in [9.17, 15) is 4.79 Å². The number of hydrogen-bond donors (Lipinski definition) is 2. The molecule has 0 amide bonds. The number of nitrogens with zero attached hydrogens (tertiary/aromatic N) is 3. The molecule has 1 aromatic carbocycles. The van der Waals surface area contributed by atoms with E-state index in [2.05, 4.69) is 15.4 Å². The number of aryl methyl sites for hydroxylation is 3. The van der Waals surface area contributed by atoms with Gasteiger partial charge >= 0.3 is 5.56 Å². The molecule has 0 aliphatic carbocycles. The summed E-state index contributed by atoms with van der Waals surface area (Å²) in [5.74, 6) is 0.233. The van der Waals surface area contributed by atoms with Crippen molar-refractivity contribution in [2.75, 3.05) is 11.1 Å². The Hall–Kier alpha value is -2.37. The number of anilines is 3. The minimum absolute atomic E-state index is 0.0705.